The van der Waals surface area contributed by atoms with Crippen molar-refractivity contribution in [3.05, 3.63) is 0 Å². The van der Waals surface area contributed by atoms with Gasteiger partial charge in [-0.05, 0) is 12.8 Å². The lowest BCUT2D eigenvalue weighted by molar-refractivity contribution is -0.121. The fourth-order valence-electron chi connectivity index (χ4n) is 1.55. The highest BCUT2D eigenvalue weighted by molar-refractivity contribution is 7.99. The molecular weight excluding hydrogens is 172 g/mol. The van der Waals surface area contributed by atoms with Gasteiger partial charge in [-0.15, -0.1) is 0 Å². The molecule has 0 radical (unpaired) electrons. The van der Waals surface area contributed by atoms with E-state index in [-0.39, 0.29) is 11.8 Å². The summed E-state index contributed by atoms with van der Waals surface area (Å²) < 4.78 is 0. The predicted octanol–water partition coefficient (Wildman–Crippen LogP) is -0.0447. The fourth-order valence-corrected chi connectivity index (χ4v) is 2.92. The van der Waals surface area contributed by atoms with Gasteiger partial charge in [-0.3, -0.25) is 4.79 Å². The second-order valence-electron chi connectivity index (χ2n) is 3.59. The number of carbonyl (C=O) groups is 1. The van der Waals surface area contributed by atoms with Gasteiger partial charge in [-0.1, -0.05) is 0 Å². The summed E-state index contributed by atoms with van der Waals surface area (Å²) in [5.74, 6) is 1.87. The van der Waals surface area contributed by atoms with Crippen molar-refractivity contribution in [2.75, 3.05) is 11.5 Å². The predicted molar refractivity (Wildman–Crippen MR) is 50.0 cm³/mol. The lowest BCUT2D eigenvalue weighted by Gasteiger charge is -2.16. The number of thioether (sulfide) groups is 1. The zero-order chi connectivity index (χ0) is 8.55. The van der Waals surface area contributed by atoms with Crippen LogP contribution in [0.3, 0.4) is 0 Å². The van der Waals surface area contributed by atoms with E-state index in [2.05, 4.69) is 5.32 Å². The Morgan fingerprint density at radius 2 is 2.17 bits per heavy atom. The molecule has 0 aromatic heterocycles. The number of rotatable bonds is 3. The molecule has 0 spiro atoms. The van der Waals surface area contributed by atoms with Crippen molar-refractivity contribution in [2.45, 2.75) is 24.9 Å². The van der Waals surface area contributed by atoms with E-state index in [1.807, 2.05) is 11.8 Å². The number of nitrogens with one attached hydrogen (secondary N) is 1. The minimum absolute atomic E-state index is 0.0654. The van der Waals surface area contributed by atoms with Gasteiger partial charge in [-0.2, -0.15) is 11.8 Å². The van der Waals surface area contributed by atoms with Crippen molar-refractivity contribution < 1.29 is 4.79 Å². The molecule has 1 saturated carbocycles. The summed E-state index contributed by atoms with van der Waals surface area (Å²) >= 11 is 1.83. The molecule has 2 unspecified atom stereocenters. The van der Waals surface area contributed by atoms with Gasteiger partial charge in [0.05, 0.1) is 5.92 Å². The average Bonchev–Trinajstić information content (AvgIpc) is 2.66. The largest absolute Gasteiger partial charge is 0.369 e. The van der Waals surface area contributed by atoms with Crippen molar-refractivity contribution in [1.82, 2.24) is 5.32 Å². The Kier molecular flexibility index (Phi) is 2.28. The van der Waals surface area contributed by atoms with E-state index in [0.717, 1.165) is 11.5 Å². The maximum atomic E-state index is 11.0. The third-order valence-electron chi connectivity index (χ3n) is 2.47. The zero-order valence-electron chi connectivity index (χ0n) is 6.95. The van der Waals surface area contributed by atoms with Crippen LogP contribution in [0.15, 0.2) is 0 Å². The minimum atomic E-state index is -0.141. The Hall–Kier alpha value is -0.220. The maximum Gasteiger partial charge on any atom is 0.222 e. The quantitative estimate of drug-likeness (QED) is 0.650. The van der Waals surface area contributed by atoms with Crippen LogP contribution in [-0.4, -0.2) is 29.5 Å². The van der Waals surface area contributed by atoms with Crippen LogP contribution in [0.25, 0.3) is 0 Å². The number of hydrogen-bond acceptors (Lipinski definition) is 3. The van der Waals surface area contributed by atoms with Crippen LogP contribution in [0, 0.1) is 5.92 Å². The van der Waals surface area contributed by atoms with E-state index in [1.54, 1.807) is 0 Å². The molecule has 1 aliphatic heterocycles. The Labute approximate surface area is 76.5 Å². The SMILES string of the molecule is NC(=O)C1CSCC1NC1CC1. The summed E-state index contributed by atoms with van der Waals surface area (Å²) in [6.45, 7) is 0. The molecule has 2 fully saturated rings. The van der Waals surface area contributed by atoms with Crippen LogP contribution in [-0.2, 0) is 4.79 Å². The van der Waals surface area contributed by atoms with Crippen molar-refractivity contribution >= 4 is 17.7 Å². The highest BCUT2D eigenvalue weighted by atomic mass is 32.2. The Bertz CT molecular complexity index is 193. The fraction of sp³-hybridized carbons (Fsp3) is 0.875. The molecule has 12 heavy (non-hydrogen) atoms. The number of carbonyl (C=O) groups excluding carboxylic acids is 1. The Morgan fingerprint density at radius 3 is 2.75 bits per heavy atom. The van der Waals surface area contributed by atoms with Crippen LogP contribution in [0.1, 0.15) is 12.8 Å². The zero-order valence-corrected chi connectivity index (χ0v) is 7.77. The Balaban J connectivity index is 1.88. The van der Waals surface area contributed by atoms with Gasteiger partial charge in [0.1, 0.15) is 0 Å². The Morgan fingerprint density at radius 1 is 1.42 bits per heavy atom. The highest BCUT2D eigenvalue weighted by Crippen LogP contribution is 2.28. The molecule has 0 bridgehead atoms. The summed E-state index contributed by atoms with van der Waals surface area (Å²) in [6.07, 6.45) is 2.54. The summed E-state index contributed by atoms with van der Waals surface area (Å²) in [6, 6.07) is 1.02. The number of primary amides is 1. The molecule has 2 aliphatic rings. The molecule has 4 heteroatoms. The van der Waals surface area contributed by atoms with Crippen molar-refractivity contribution in [2.24, 2.45) is 11.7 Å². The van der Waals surface area contributed by atoms with E-state index in [4.69, 9.17) is 5.73 Å². The molecule has 1 saturated heterocycles. The van der Waals surface area contributed by atoms with Crippen LogP contribution in [0.4, 0.5) is 0 Å². The van der Waals surface area contributed by atoms with E-state index in [9.17, 15) is 4.79 Å². The van der Waals surface area contributed by atoms with Crippen LogP contribution >= 0.6 is 11.8 Å². The smallest absolute Gasteiger partial charge is 0.222 e. The molecule has 0 aromatic carbocycles. The van der Waals surface area contributed by atoms with Crippen LogP contribution < -0.4 is 11.1 Å². The van der Waals surface area contributed by atoms with E-state index < -0.39 is 0 Å². The second kappa shape index (κ2) is 3.26. The van der Waals surface area contributed by atoms with Crippen molar-refractivity contribution in [3.63, 3.8) is 0 Å². The molecule has 3 nitrogen and oxygen atoms in total. The van der Waals surface area contributed by atoms with Crippen molar-refractivity contribution in [1.29, 1.82) is 0 Å². The first kappa shape index (κ1) is 8.38. The number of amides is 1. The van der Waals surface area contributed by atoms with Crippen LogP contribution in [0.5, 0.6) is 0 Å². The number of nitrogens with two attached hydrogens (primary N) is 1. The lowest BCUT2D eigenvalue weighted by atomic mass is 10.0. The lowest BCUT2D eigenvalue weighted by Crippen LogP contribution is -2.42. The molecule has 1 heterocycles. The summed E-state index contributed by atoms with van der Waals surface area (Å²) in [5.41, 5.74) is 5.29. The first-order valence-electron chi connectivity index (χ1n) is 4.40. The average molecular weight is 186 g/mol. The van der Waals surface area contributed by atoms with Crippen molar-refractivity contribution in [3.8, 4) is 0 Å². The minimum Gasteiger partial charge on any atom is -0.369 e. The topological polar surface area (TPSA) is 55.1 Å². The van der Waals surface area contributed by atoms with Crippen LogP contribution in [0.2, 0.25) is 0 Å². The van der Waals surface area contributed by atoms with Gasteiger partial charge in [0.15, 0.2) is 0 Å². The first-order valence-corrected chi connectivity index (χ1v) is 5.56. The molecular formula is C8H14N2OS. The summed E-state index contributed by atoms with van der Waals surface area (Å²) in [5, 5.41) is 3.46. The van der Waals surface area contributed by atoms with E-state index in [0.29, 0.717) is 12.1 Å². The third kappa shape index (κ3) is 1.75. The molecule has 3 N–H and O–H groups in total. The second-order valence-corrected chi connectivity index (χ2v) is 4.67. The van der Waals surface area contributed by atoms with E-state index >= 15 is 0 Å². The van der Waals surface area contributed by atoms with E-state index in [1.165, 1.54) is 12.8 Å². The normalized spacial score (nSPS) is 35.3. The molecule has 68 valence electrons. The highest BCUT2D eigenvalue weighted by Gasteiger charge is 2.35. The van der Waals surface area contributed by atoms with Gasteiger partial charge in [-0.25, -0.2) is 0 Å². The number of hydrogen-bond donors (Lipinski definition) is 2. The van der Waals surface area contributed by atoms with Gasteiger partial charge in [0, 0.05) is 23.6 Å². The van der Waals surface area contributed by atoms with Gasteiger partial charge in [0.2, 0.25) is 5.91 Å². The van der Waals surface area contributed by atoms with Gasteiger partial charge in [0.25, 0.3) is 0 Å². The third-order valence-corrected chi connectivity index (χ3v) is 3.66. The maximum absolute atomic E-state index is 11.0. The summed E-state index contributed by atoms with van der Waals surface area (Å²) in [7, 11) is 0. The molecule has 2 rings (SSSR count). The molecule has 2 atom stereocenters. The van der Waals surface area contributed by atoms with Gasteiger partial charge >= 0.3 is 0 Å². The monoisotopic (exact) mass is 186 g/mol. The molecule has 1 amide bonds. The summed E-state index contributed by atoms with van der Waals surface area (Å²) in [4.78, 5) is 11.0. The first-order chi connectivity index (χ1) is 5.77. The van der Waals surface area contributed by atoms with Gasteiger partial charge < -0.3 is 11.1 Å². The standard InChI is InChI=1S/C8H14N2OS/c9-8(11)6-3-12-4-7(6)10-5-1-2-5/h5-7,10H,1-4H2,(H2,9,11). The molecule has 1 aliphatic carbocycles. The molecule has 0 aromatic rings.